The predicted molar refractivity (Wildman–Crippen MR) is 93.4 cm³/mol. The third-order valence-corrected chi connectivity index (χ3v) is 4.15. The third kappa shape index (κ3) is 4.44. The monoisotopic (exact) mass is 328 g/mol. The van der Waals surface area contributed by atoms with Gasteiger partial charge < -0.3 is 20.9 Å². The molecule has 1 saturated heterocycles. The number of ether oxygens (including phenoxy) is 1. The number of hydrogen-bond donors (Lipinski definition) is 3. The molecule has 2 atom stereocenters. The first-order valence-electron chi connectivity index (χ1n) is 8.30. The number of para-hydroxylation sites is 1. The van der Waals surface area contributed by atoms with E-state index in [0.717, 1.165) is 30.6 Å². The van der Waals surface area contributed by atoms with Crippen LogP contribution in [0.5, 0.6) is 5.88 Å². The maximum absolute atomic E-state index is 10.4. The summed E-state index contributed by atoms with van der Waals surface area (Å²) in [5.41, 5.74) is 7.55. The second kappa shape index (κ2) is 8.10. The Labute approximate surface area is 142 Å². The molecule has 128 valence electrons. The van der Waals surface area contributed by atoms with Crippen molar-refractivity contribution in [3.8, 4) is 5.88 Å². The average Bonchev–Trinajstić information content (AvgIpc) is 2.63. The summed E-state index contributed by atoms with van der Waals surface area (Å²) in [6.45, 7) is 1.95. The van der Waals surface area contributed by atoms with Crippen molar-refractivity contribution in [1.82, 2.24) is 9.88 Å². The van der Waals surface area contributed by atoms with Gasteiger partial charge in [-0.15, -0.1) is 0 Å². The Morgan fingerprint density at radius 2 is 2.17 bits per heavy atom. The minimum atomic E-state index is -0.734. The SMILES string of the molecule is NCc1ccnc(O[C@H]2CCCN(C(O)Nc3ccccc3)C2)c1. The van der Waals surface area contributed by atoms with Crippen LogP contribution in [0.25, 0.3) is 0 Å². The standard InChI is InChI=1S/C18H24N4O2/c19-12-14-8-9-20-17(11-14)24-16-7-4-10-22(13-16)18(23)21-15-5-2-1-3-6-15/h1-3,5-6,8-9,11,16,18,21,23H,4,7,10,12-13,19H2/t16-,18?/m0/s1. The first-order chi connectivity index (χ1) is 11.7. The molecule has 0 spiro atoms. The summed E-state index contributed by atoms with van der Waals surface area (Å²) in [5, 5.41) is 13.5. The fourth-order valence-electron chi connectivity index (χ4n) is 2.87. The van der Waals surface area contributed by atoms with Crippen LogP contribution >= 0.6 is 0 Å². The number of nitrogens with one attached hydrogen (secondary N) is 1. The van der Waals surface area contributed by atoms with E-state index in [-0.39, 0.29) is 6.10 Å². The molecule has 6 nitrogen and oxygen atoms in total. The lowest BCUT2D eigenvalue weighted by molar-refractivity contribution is -0.0220. The molecule has 0 amide bonds. The number of aliphatic hydroxyl groups is 1. The highest BCUT2D eigenvalue weighted by Crippen LogP contribution is 2.19. The molecule has 0 radical (unpaired) electrons. The molecule has 1 unspecified atom stereocenters. The zero-order valence-corrected chi connectivity index (χ0v) is 13.6. The number of nitrogens with two attached hydrogens (primary N) is 1. The fraction of sp³-hybridized carbons (Fsp3) is 0.389. The van der Waals surface area contributed by atoms with Gasteiger partial charge in [0, 0.05) is 37.6 Å². The van der Waals surface area contributed by atoms with E-state index in [4.69, 9.17) is 10.5 Å². The molecule has 2 heterocycles. The summed E-state index contributed by atoms with van der Waals surface area (Å²) in [6, 6.07) is 13.4. The largest absolute Gasteiger partial charge is 0.473 e. The highest BCUT2D eigenvalue weighted by Gasteiger charge is 2.26. The van der Waals surface area contributed by atoms with Gasteiger partial charge in [0.1, 0.15) is 6.10 Å². The second-order valence-corrected chi connectivity index (χ2v) is 5.97. The highest BCUT2D eigenvalue weighted by atomic mass is 16.5. The lowest BCUT2D eigenvalue weighted by Crippen LogP contribution is -2.49. The van der Waals surface area contributed by atoms with E-state index >= 15 is 0 Å². The van der Waals surface area contributed by atoms with Crippen molar-refractivity contribution in [3.05, 3.63) is 54.2 Å². The van der Waals surface area contributed by atoms with Gasteiger partial charge in [0.2, 0.25) is 5.88 Å². The number of aromatic nitrogens is 1. The molecule has 0 bridgehead atoms. The Morgan fingerprint density at radius 3 is 2.96 bits per heavy atom. The van der Waals surface area contributed by atoms with Crippen LogP contribution in [0.4, 0.5) is 5.69 Å². The van der Waals surface area contributed by atoms with Gasteiger partial charge in [-0.3, -0.25) is 4.90 Å². The number of aliphatic hydroxyl groups excluding tert-OH is 1. The lowest BCUT2D eigenvalue weighted by Gasteiger charge is -2.36. The number of anilines is 1. The van der Waals surface area contributed by atoms with E-state index in [1.54, 1.807) is 6.20 Å². The molecule has 0 aliphatic carbocycles. The maximum Gasteiger partial charge on any atom is 0.213 e. The first kappa shape index (κ1) is 16.7. The summed E-state index contributed by atoms with van der Waals surface area (Å²) in [7, 11) is 0. The summed E-state index contributed by atoms with van der Waals surface area (Å²) in [5.74, 6) is 0.593. The van der Waals surface area contributed by atoms with Gasteiger partial charge in [-0.1, -0.05) is 18.2 Å². The number of piperidine rings is 1. The average molecular weight is 328 g/mol. The van der Waals surface area contributed by atoms with Gasteiger partial charge in [0.05, 0.1) is 0 Å². The molecule has 1 aromatic heterocycles. The Balaban J connectivity index is 1.57. The second-order valence-electron chi connectivity index (χ2n) is 5.97. The summed E-state index contributed by atoms with van der Waals surface area (Å²) in [6.07, 6.45) is 2.90. The minimum absolute atomic E-state index is 0.00602. The molecule has 1 fully saturated rings. The van der Waals surface area contributed by atoms with Crippen LogP contribution in [0.2, 0.25) is 0 Å². The highest BCUT2D eigenvalue weighted by molar-refractivity contribution is 5.42. The van der Waals surface area contributed by atoms with E-state index < -0.39 is 6.35 Å². The summed E-state index contributed by atoms with van der Waals surface area (Å²) in [4.78, 5) is 6.22. The first-order valence-corrected chi connectivity index (χ1v) is 8.30. The normalized spacial score (nSPS) is 19.7. The van der Waals surface area contributed by atoms with E-state index in [2.05, 4.69) is 10.3 Å². The lowest BCUT2D eigenvalue weighted by atomic mass is 10.1. The van der Waals surface area contributed by atoms with E-state index in [1.165, 1.54) is 0 Å². The number of rotatable bonds is 6. The number of hydrogen-bond acceptors (Lipinski definition) is 6. The molecular weight excluding hydrogens is 304 g/mol. The number of likely N-dealkylation sites (tertiary alicyclic amines) is 1. The van der Waals surface area contributed by atoms with Crippen molar-refractivity contribution < 1.29 is 9.84 Å². The van der Waals surface area contributed by atoms with E-state index in [0.29, 0.717) is 19.0 Å². The van der Waals surface area contributed by atoms with E-state index in [9.17, 15) is 5.11 Å². The number of nitrogens with zero attached hydrogens (tertiary/aromatic N) is 2. The zero-order chi connectivity index (χ0) is 16.8. The van der Waals surface area contributed by atoms with Crippen LogP contribution in [0, 0.1) is 0 Å². The van der Waals surface area contributed by atoms with Crippen molar-refractivity contribution >= 4 is 5.69 Å². The van der Waals surface area contributed by atoms with Crippen molar-refractivity contribution in [2.75, 3.05) is 18.4 Å². The Bertz CT molecular complexity index is 638. The van der Waals surface area contributed by atoms with Crippen LogP contribution in [0.3, 0.4) is 0 Å². The Morgan fingerprint density at radius 1 is 1.33 bits per heavy atom. The molecule has 2 aromatic rings. The van der Waals surface area contributed by atoms with Gasteiger partial charge >= 0.3 is 0 Å². The smallest absolute Gasteiger partial charge is 0.213 e. The van der Waals surface area contributed by atoms with Gasteiger partial charge in [0.25, 0.3) is 0 Å². The number of benzene rings is 1. The summed E-state index contributed by atoms with van der Waals surface area (Å²) >= 11 is 0. The molecule has 0 saturated carbocycles. The molecule has 1 aromatic carbocycles. The zero-order valence-electron chi connectivity index (χ0n) is 13.6. The minimum Gasteiger partial charge on any atom is -0.473 e. The molecule has 6 heteroatoms. The van der Waals surface area contributed by atoms with Crippen LogP contribution in [0.15, 0.2) is 48.7 Å². The van der Waals surface area contributed by atoms with Crippen molar-refractivity contribution in [2.24, 2.45) is 5.73 Å². The fourth-order valence-corrected chi connectivity index (χ4v) is 2.87. The predicted octanol–water partition coefficient (Wildman–Crippen LogP) is 1.77. The molecule has 4 N–H and O–H groups in total. The van der Waals surface area contributed by atoms with Gasteiger partial charge in [-0.25, -0.2) is 4.98 Å². The Hall–Kier alpha value is -2.15. The third-order valence-electron chi connectivity index (χ3n) is 4.15. The maximum atomic E-state index is 10.4. The van der Waals surface area contributed by atoms with Crippen molar-refractivity contribution in [2.45, 2.75) is 31.8 Å². The summed E-state index contributed by atoms with van der Waals surface area (Å²) < 4.78 is 5.98. The van der Waals surface area contributed by atoms with Gasteiger partial charge in [0.15, 0.2) is 6.35 Å². The Kier molecular flexibility index (Phi) is 5.63. The topological polar surface area (TPSA) is 83.6 Å². The molecule has 1 aliphatic heterocycles. The van der Waals surface area contributed by atoms with Crippen LogP contribution in [0.1, 0.15) is 18.4 Å². The van der Waals surface area contributed by atoms with Crippen molar-refractivity contribution in [3.63, 3.8) is 0 Å². The van der Waals surface area contributed by atoms with E-state index in [1.807, 2.05) is 47.4 Å². The number of pyridine rings is 1. The molecular formula is C18H24N4O2. The van der Waals surface area contributed by atoms with Crippen LogP contribution in [-0.4, -0.2) is 40.5 Å². The van der Waals surface area contributed by atoms with Gasteiger partial charge in [-0.2, -0.15) is 0 Å². The molecule has 1 aliphatic rings. The van der Waals surface area contributed by atoms with Crippen LogP contribution < -0.4 is 15.8 Å². The quantitative estimate of drug-likeness (QED) is 0.701. The molecule has 3 rings (SSSR count). The van der Waals surface area contributed by atoms with Crippen molar-refractivity contribution in [1.29, 1.82) is 0 Å². The van der Waals surface area contributed by atoms with Gasteiger partial charge in [-0.05, 0) is 36.6 Å². The van der Waals surface area contributed by atoms with Crippen LogP contribution in [-0.2, 0) is 6.54 Å². The molecule has 24 heavy (non-hydrogen) atoms.